The van der Waals surface area contributed by atoms with Crippen molar-refractivity contribution in [1.29, 1.82) is 5.26 Å². The summed E-state index contributed by atoms with van der Waals surface area (Å²) in [6.07, 6.45) is 10.1. The third-order valence-corrected chi connectivity index (χ3v) is 7.13. The van der Waals surface area contributed by atoms with Crippen molar-refractivity contribution < 1.29 is 0 Å². The Morgan fingerprint density at radius 2 is 1.62 bits per heavy atom. The molecule has 0 N–H and O–H groups in total. The summed E-state index contributed by atoms with van der Waals surface area (Å²) in [6.45, 7) is 4.56. The van der Waals surface area contributed by atoms with Crippen LogP contribution in [0.15, 0.2) is 90.2 Å². The Morgan fingerprint density at radius 3 is 2.45 bits per heavy atom. The van der Waals surface area contributed by atoms with E-state index >= 15 is 0 Å². The maximum atomic E-state index is 12.6. The van der Waals surface area contributed by atoms with Gasteiger partial charge in [0.1, 0.15) is 0 Å². The third kappa shape index (κ3) is 5.72. The van der Waals surface area contributed by atoms with Crippen molar-refractivity contribution in [3.05, 3.63) is 107 Å². The van der Waals surface area contributed by atoms with Crippen molar-refractivity contribution in [3.63, 3.8) is 0 Å². The van der Waals surface area contributed by atoms with Gasteiger partial charge in [0.15, 0.2) is 5.82 Å². The highest BCUT2D eigenvalue weighted by atomic mass is 16.1. The first kappa shape index (κ1) is 25.3. The van der Waals surface area contributed by atoms with Crippen LogP contribution in [0.4, 0.5) is 0 Å². The van der Waals surface area contributed by atoms with Crippen LogP contribution in [0.2, 0.25) is 0 Å². The highest BCUT2D eigenvalue weighted by Gasteiger charge is 2.12. The fourth-order valence-electron chi connectivity index (χ4n) is 4.96. The summed E-state index contributed by atoms with van der Waals surface area (Å²) in [5, 5.41) is 18.3. The first-order valence-electron chi connectivity index (χ1n) is 13.4. The molecule has 0 atom stereocenters. The summed E-state index contributed by atoms with van der Waals surface area (Å²) in [6, 6.07) is 20.3. The first-order valence-corrected chi connectivity index (χ1v) is 13.4. The summed E-state index contributed by atoms with van der Waals surface area (Å²) in [7, 11) is 0. The summed E-state index contributed by atoms with van der Waals surface area (Å²) in [5.74, 6) is 0.606. The van der Waals surface area contributed by atoms with Crippen LogP contribution in [-0.2, 0) is 13.1 Å². The normalized spacial score (nSPS) is 13.4. The molecule has 3 aromatic heterocycles. The maximum Gasteiger partial charge on any atom is 0.267 e. The topological polar surface area (TPSA) is 106 Å². The van der Waals surface area contributed by atoms with E-state index in [0.717, 1.165) is 40.9 Å². The molecule has 0 unspecified atom stereocenters. The Bertz CT molecular complexity index is 1730. The van der Waals surface area contributed by atoms with E-state index in [2.05, 4.69) is 31.1 Å². The van der Waals surface area contributed by atoms with Gasteiger partial charge in [0.25, 0.3) is 5.56 Å². The Morgan fingerprint density at radius 1 is 0.825 bits per heavy atom. The van der Waals surface area contributed by atoms with E-state index < -0.39 is 0 Å². The van der Waals surface area contributed by atoms with Gasteiger partial charge in [-0.2, -0.15) is 15.5 Å². The molecular formula is C31H28N8O. The molecule has 4 heterocycles. The van der Waals surface area contributed by atoms with E-state index in [0.29, 0.717) is 23.6 Å². The van der Waals surface area contributed by atoms with E-state index in [1.165, 1.54) is 36.7 Å². The molecule has 0 aliphatic carbocycles. The molecule has 0 spiro atoms. The molecule has 9 heteroatoms. The van der Waals surface area contributed by atoms with Gasteiger partial charge in [-0.15, -0.1) is 0 Å². The average Bonchev–Trinajstić information content (AvgIpc) is 3.70. The van der Waals surface area contributed by atoms with Gasteiger partial charge in [0.2, 0.25) is 0 Å². The fraction of sp³-hybridized carbons (Fsp3) is 0.226. The van der Waals surface area contributed by atoms with Crippen LogP contribution in [0.3, 0.4) is 0 Å². The second kappa shape index (κ2) is 11.4. The molecular weight excluding hydrogens is 500 g/mol. The molecule has 0 amide bonds. The lowest BCUT2D eigenvalue weighted by molar-refractivity contribution is 0.316. The molecule has 1 saturated heterocycles. The van der Waals surface area contributed by atoms with Crippen LogP contribution in [0.25, 0.3) is 33.8 Å². The van der Waals surface area contributed by atoms with Crippen LogP contribution < -0.4 is 5.56 Å². The SMILES string of the molecule is N#Cc1cccc(-c2ccc(=O)n(Cc3cccc(-c4ncc(-c5cnn(CCN6CCCC6)c5)cn4)c3)n2)c1. The fourth-order valence-corrected chi connectivity index (χ4v) is 4.96. The van der Waals surface area contributed by atoms with E-state index in [1.54, 1.807) is 24.3 Å². The van der Waals surface area contributed by atoms with Gasteiger partial charge in [-0.1, -0.05) is 30.3 Å². The van der Waals surface area contributed by atoms with Crippen LogP contribution in [0.5, 0.6) is 0 Å². The molecule has 1 fully saturated rings. The van der Waals surface area contributed by atoms with Crippen molar-refractivity contribution in [3.8, 4) is 39.8 Å². The zero-order valence-corrected chi connectivity index (χ0v) is 22.0. The monoisotopic (exact) mass is 528 g/mol. The molecule has 0 radical (unpaired) electrons. The van der Waals surface area contributed by atoms with E-state index in [4.69, 9.17) is 0 Å². The minimum Gasteiger partial charge on any atom is -0.301 e. The van der Waals surface area contributed by atoms with E-state index in [1.807, 2.05) is 59.8 Å². The number of likely N-dealkylation sites (tertiary alicyclic amines) is 1. The van der Waals surface area contributed by atoms with E-state index in [-0.39, 0.29) is 5.56 Å². The van der Waals surface area contributed by atoms with Crippen molar-refractivity contribution >= 4 is 0 Å². The zero-order valence-electron chi connectivity index (χ0n) is 22.0. The average molecular weight is 529 g/mol. The summed E-state index contributed by atoms with van der Waals surface area (Å²) in [4.78, 5) is 24.3. The van der Waals surface area contributed by atoms with Crippen LogP contribution in [-0.4, -0.2) is 54.1 Å². The summed E-state index contributed by atoms with van der Waals surface area (Å²) >= 11 is 0. The lowest BCUT2D eigenvalue weighted by Crippen LogP contribution is -2.24. The van der Waals surface area contributed by atoms with Gasteiger partial charge in [-0.25, -0.2) is 14.6 Å². The number of benzene rings is 2. The summed E-state index contributed by atoms with van der Waals surface area (Å²) in [5.41, 5.74) is 5.43. The molecule has 0 saturated carbocycles. The Balaban J connectivity index is 1.16. The Labute approximate surface area is 232 Å². The molecule has 6 rings (SSSR count). The highest BCUT2D eigenvalue weighted by molar-refractivity contribution is 5.63. The zero-order chi connectivity index (χ0) is 27.3. The number of nitriles is 1. The molecule has 1 aliphatic heterocycles. The molecule has 0 bridgehead atoms. The second-order valence-corrected chi connectivity index (χ2v) is 9.94. The Hall–Kier alpha value is -4.94. The molecule has 198 valence electrons. The van der Waals surface area contributed by atoms with Gasteiger partial charge in [0, 0.05) is 53.5 Å². The predicted molar refractivity (Wildman–Crippen MR) is 152 cm³/mol. The molecule has 40 heavy (non-hydrogen) atoms. The van der Waals surface area contributed by atoms with Crippen molar-refractivity contribution in [2.75, 3.05) is 19.6 Å². The number of rotatable bonds is 8. The van der Waals surface area contributed by atoms with E-state index in [9.17, 15) is 10.1 Å². The van der Waals surface area contributed by atoms with Crippen molar-refractivity contribution in [2.24, 2.45) is 0 Å². The second-order valence-electron chi connectivity index (χ2n) is 9.94. The van der Waals surface area contributed by atoms with Gasteiger partial charge >= 0.3 is 0 Å². The molecule has 1 aliphatic rings. The standard InChI is InChI=1S/C31H28N8O/c32-17-23-5-3-7-25(15-23)29-9-10-30(40)39(36-29)21-24-6-4-8-26(16-24)31-33-18-27(19-34-31)28-20-35-38(22-28)14-13-37-11-1-2-12-37/h3-10,15-16,18-20,22H,1-2,11-14,21H2. The van der Waals surface area contributed by atoms with Gasteiger partial charge < -0.3 is 4.90 Å². The van der Waals surface area contributed by atoms with Crippen molar-refractivity contribution in [2.45, 2.75) is 25.9 Å². The molecule has 9 nitrogen and oxygen atoms in total. The number of hydrogen-bond donors (Lipinski definition) is 0. The van der Waals surface area contributed by atoms with Gasteiger partial charge in [-0.05, 0) is 55.8 Å². The van der Waals surface area contributed by atoms with Gasteiger partial charge in [0.05, 0.1) is 36.6 Å². The van der Waals surface area contributed by atoms with Crippen molar-refractivity contribution in [1.82, 2.24) is 34.4 Å². The highest BCUT2D eigenvalue weighted by Crippen LogP contribution is 2.22. The number of nitrogens with zero attached hydrogens (tertiary/aromatic N) is 8. The third-order valence-electron chi connectivity index (χ3n) is 7.13. The lowest BCUT2D eigenvalue weighted by atomic mass is 10.1. The summed E-state index contributed by atoms with van der Waals surface area (Å²) < 4.78 is 3.41. The quantitative estimate of drug-likeness (QED) is 0.296. The largest absolute Gasteiger partial charge is 0.301 e. The lowest BCUT2D eigenvalue weighted by Gasteiger charge is -2.13. The van der Waals surface area contributed by atoms with Crippen LogP contribution >= 0.6 is 0 Å². The molecule has 2 aromatic carbocycles. The Kier molecular flexibility index (Phi) is 7.24. The van der Waals surface area contributed by atoms with Crippen LogP contribution in [0, 0.1) is 11.3 Å². The minimum absolute atomic E-state index is 0.202. The first-order chi connectivity index (χ1) is 19.6. The smallest absolute Gasteiger partial charge is 0.267 e. The van der Waals surface area contributed by atoms with Crippen LogP contribution in [0.1, 0.15) is 24.0 Å². The number of aromatic nitrogens is 6. The van der Waals surface area contributed by atoms with Gasteiger partial charge in [-0.3, -0.25) is 9.48 Å². The number of hydrogen-bond acceptors (Lipinski definition) is 7. The molecule has 5 aromatic rings. The predicted octanol–water partition coefficient (Wildman–Crippen LogP) is 4.25. The maximum absolute atomic E-state index is 12.6. The minimum atomic E-state index is -0.202.